The summed E-state index contributed by atoms with van der Waals surface area (Å²) in [5.41, 5.74) is 1.94. The van der Waals surface area contributed by atoms with Crippen LogP contribution in [-0.2, 0) is 10.0 Å². The van der Waals surface area contributed by atoms with Gasteiger partial charge < -0.3 is 10.0 Å². The van der Waals surface area contributed by atoms with E-state index in [1.807, 2.05) is 32.0 Å². The van der Waals surface area contributed by atoms with Crippen LogP contribution in [0.25, 0.3) is 0 Å². The molecule has 0 radical (unpaired) electrons. The van der Waals surface area contributed by atoms with Crippen molar-refractivity contribution in [3.63, 3.8) is 0 Å². The zero-order valence-electron chi connectivity index (χ0n) is 12.8. The normalized spacial score (nSPS) is 22.5. The monoisotopic (exact) mass is 312 g/mol. The first-order chi connectivity index (χ1) is 9.83. The molecule has 1 aliphatic carbocycles. The summed E-state index contributed by atoms with van der Waals surface area (Å²) in [7, 11) is 0.289. The molecule has 0 amide bonds. The van der Waals surface area contributed by atoms with E-state index in [4.69, 9.17) is 5.11 Å². The number of anilines is 1. The molecule has 0 heterocycles. The van der Waals surface area contributed by atoms with E-state index in [9.17, 15) is 8.42 Å². The average molecular weight is 312 g/mol. The van der Waals surface area contributed by atoms with E-state index < -0.39 is 10.0 Å². The largest absolute Gasteiger partial charge is 0.396 e. The first-order valence-corrected chi connectivity index (χ1v) is 8.73. The summed E-state index contributed by atoms with van der Waals surface area (Å²) in [5, 5.41) is 9.14. The summed E-state index contributed by atoms with van der Waals surface area (Å²) in [6.45, 7) is 2.09. The Kier molecular flexibility index (Phi) is 4.91. The molecule has 1 aromatic carbocycles. The van der Waals surface area contributed by atoms with Crippen molar-refractivity contribution in [2.24, 2.45) is 5.92 Å². The van der Waals surface area contributed by atoms with Gasteiger partial charge in [-0.2, -0.15) is 0 Å². The lowest BCUT2D eigenvalue weighted by Crippen LogP contribution is -2.33. The molecule has 1 saturated carbocycles. The van der Waals surface area contributed by atoms with Crippen molar-refractivity contribution in [1.29, 1.82) is 0 Å². The van der Waals surface area contributed by atoms with Crippen LogP contribution in [0, 0.1) is 12.8 Å². The van der Waals surface area contributed by atoms with E-state index in [1.54, 1.807) is 12.1 Å². The lowest BCUT2D eigenvalue weighted by molar-refractivity contribution is 0.228. The third kappa shape index (κ3) is 3.75. The van der Waals surface area contributed by atoms with Crippen LogP contribution in [0.2, 0.25) is 0 Å². The highest BCUT2D eigenvalue weighted by Crippen LogP contribution is 2.27. The fraction of sp³-hybridized carbons (Fsp3) is 0.600. The topological polar surface area (TPSA) is 69.6 Å². The van der Waals surface area contributed by atoms with Crippen LogP contribution in [-0.4, -0.2) is 40.3 Å². The average Bonchev–Trinajstić information content (AvgIpc) is 2.85. The molecule has 0 aromatic heterocycles. The molecule has 118 valence electrons. The number of aliphatic hydroxyl groups is 1. The van der Waals surface area contributed by atoms with Crippen molar-refractivity contribution < 1.29 is 13.5 Å². The van der Waals surface area contributed by atoms with E-state index >= 15 is 0 Å². The summed E-state index contributed by atoms with van der Waals surface area (Å²) in [6, 6.07) is 5.10. The molecule has 5 nitrogen and oxygen atoms in total. The van der Waals surface area contributed by atoms with Crippen LogP contribution < -0.4 is 9.62 Å². The molecule has 1 fully saturated rings. The molecule has 21 heavy (non-hydrogen) atoms. The Bertz CT molecular complexity index is 599. The highest BCUT2D eigenvalue weighted by Gasteiger charge is 2.28. The quantitative estimate of drug-likeness (QED) is 0.864. The zero-order chi connectivity index (χ0) is 15.6. The Morgan fingerprint density at radius 2 is 2.05 bits per heavy atom. The predicted octanol–water partition coefficient (Wildman–Crippen LogP) is 1.50. The molecule has 2 atom stereocenters. The molecule has 0 bridgehead atoms. The maximum absolute atomic E-state index is 12.5. The number of rotatable bonds is 5. The second-order valence-electron chi connectivity index (χ2n) is 6.02. The van der Waals surface area contributed by atoms with E-state index in [1.165, 1.54) is 0 Å². The zero-order valence-corrected chi connectivity index (χ0v) is 13.7. The minimum Gasteiger partial charge on any atom is -0.396 e. The minimum atomic E-state index is -3.51. The van der Waals surface area contributed by atoms with Crippen molar-refractivity contribution in [3.05, 3.63) is 23.8 Å². The highest BCUT2D eigenvalue weighted by atomic mass is 32.2. The fourth-order valence-corrected chi connectivity index (χ4v) is 4.18. The molecular formula is C15H24N2O3S. The number of sulfonamides is 1. The standard InChI is InChI=1S/C15H24N2O3S/c1-11-4-7-14(9-15(11)17(2)3)21(19,20)16-13-6-5-12(8-13)10-18/h4,7,9,12-13,16,18H,5-6,8,10H2,1-3H3/t12-,13+/m1/s1. The Morgan fingerprint density at radius 3 is 2.62 bits per heavy atom. The number of aliphatic hydroxyl groups excluding tert-OH is 1. The summed E-state index contributed by atoms with van der Waals surface area (Å²) < 4.78 is 27.7. The number of hydrogen-bond donors (Lipinski definition) is 2. The molecule has 1 aromatic rings. The summed E-state index contributed by atoms with van der Waals surface area (Å²) >= 11 is 0. The van der Waals surface area contributed by atoms with Gasteiger partial charge in [0.25, 0.3) is 0 Å². The molecule has 0 spiro atoms. The minimum absolute atomic E-state index is 0.0729. The summed E-state index contributed by atoms with van der Waals surface area (Å²) in [5.74, 6) is 0.216. The molecule has 0 unspecified atom stereocenters. The number of benzene rings is 1. The molecule has 0 aliphatic heterocycles. The van der Waals surface area contributed by atoms with Gasteiger partial charge in [-0.1, -0.05) is 6.07 Å². The van der Waals surface area contributed by atoms with Crippen molar-refractivity contribution in [1.82, 2.24) is 4.72 Å². The molecule has 6 heteroatoms. The van der Waals surface area contributed by atoms with Crippen molar-refractivity contribution in [3.8, 4) is 0 Å². The molecule has 0 saturated heterocycles. The lowest BCUT2D eigenvalue weighted by atomic mass is 10.1. The third-order valence-electron chi connectivity index (χ3n) is 4.09. The van der Waals surface area contributed by atoms with Crippen molar-refractivity contribution in [2.75, 3.05) is 25.6 Å². The van der Waals surface area contributed by atoms with E-state index in [-0.39, 0.29) is 18.6 Å². The summed E-state index contributed by atoms with van der Waals surface area (Å²) in [6.07, 6.45) is 2.37. The van der Waals surface area contributed by atoms with E-state index in [0.717, 1.165) is 24.1 Å². The van der Waals surface area contributed by atoms with Gasteiger partial charge in [0, 0.05) is 32.4 Å². The van der Waals surface area contributed by atoms with Crippen molar-refractivity contribution >= 4 is 15.7 Å². The van der Waals surface area contributed by atoms with Crippen LogP contribution in [0.4, 0.5) is 5.69 Å². The Labute approximate surface area is 127 Å². The van der Waals surface area contributed by atoms with Gasteiger partial charge in [0.05, 0.1) is 4.90 Å². The molecule has 2 rings (SSSR count). The molecular weight excluding hydrogens is 288 g/mol. The van der Waals surface area contributed by atoms with Crippen LogP contribution in [0.15, 0.2) is 23.1 Å². The molecule has 1 aliphatic rings. The summed E-state index contributed by atoms with van der Waals surface area (Å²) in [4.78, 5) is 2.20. The van der Waals surface area contributed by atoms with Gasteiger partial charge >= 0.3 is 0 Å². The van der Waals surface area contributed by atoms with Crippen LogP contribution >= 0.6 is 0 Å². The van der Waals surface area contributed by atoms with Crippen molar-refractivity contribution in [2.45, 2.75) is 37.1 Å². The van der Waals surface area contributed by atoms with Crippen LogP contribution in [0.1, 0.15) is 24.8 Å². The van der Waals surface area contributed by atoms with Gasteiger partial charge in [-0.15, -0.1) is 0 Å². The van der Waals surface area contributed by atoms with Crippen LogP contribution in [0.5, 0.6) is 0 Å². The maximum atomic E-state index is 12.5. The number of nitrogens with one attached hydrogen (secondary N) is 1. The first kappa shape index (κ1) is 16.3. The first-order valence-electron chi connectivity index (χ1n) is 7.24. The second-order valence-corrected chi connectivity index (χ2v) is 7.74. The lowest BCUT2D eigenvalue weighted by Gasteiger charge is -2.18. The Morgan fingerprint density at radius 1 is 1.33 bits per heavy atom. The van der Waals surface area contributed by atoms with E-state index in [0.29, 0.717) is 11.3 Å². The second kappa shape index (κ2) is 6.34. The van der Waals surface area contributed by atoms with Gasteiger partial charge in [-0.25, -0.2) is 13.1 Å². The Balaban J connectivity index is 2.18. The number of hydrogen-bond acceptors (Lipinski definition) is 4. The van der Waals surface area contributed by atoms with Gasteiger partial charge in [0.15, 0.2) is 0 Å². The van der Waals surface area contributed by atoms with Gasteiger partial charge in [0.2, 0.25) is 10.0 Å². The van der Waals surface area contributed by atoms with Gasteiger partial charge in [0.1, 0.15) is 0 Å². The SMILES string of the molecule is Cc1ccc(S(=O)(=O)N[C@H]2CC[C@@H](CO)C2)cc1N(C)C. The van der Waals surface area contributed by atoms with Gasteiger partial charge in [-0.3, -0.25) is 0 Å². The highest BCUT2D eigenvalue weighted by molar-refractivity contribution is 7.89. The number of aryl methyl sites for hydroxylation is 1. The van der Waals surface area contributed by atoms with Crippen LogP contribution in [0.3, 0.4) is 0 Å². The molecule has 2 N–H and O–H groups in total. The Hall–Kier alpha value is -1.11. The number of nitrogens with zero attached hydrogens (tertiary/aromatic N) is 1. The maximum Gasteiger partial charge on any atom is 0.240 e. The fourth-order valence-electron chi connectivity index (χ4n) is 2.87. The van der Waals surface area contributed by atoms with Gasteiger partial charge in [-0.05, 0) is 49.8 Å². The smallest absolute Gasteiger partial charge is 0.240 e. The predicted molar refractivity (Wildman–Crippen MR) is 84.0 cm³/mol. The van der Waals surface area contributed by atoms with E-state index in [2.05, 4.69) is 4.72 Å². The third-order valence-corrected chi connectivity index (χ3v) is 5.61.